The van der Waals surface area contributed by atoms with Gasteiger partial charge in [-0.15, -0.1) is 36.2 Å². The summed E-state index contributed by atoms with van der Waals surface area (Å²) in [6.07, 6.45) is 5.31. The smallest absolute Gasteiger partial charge is 0.276 e. The molecule has 0 saturated carbocycles. The van der Waals surface area contributed by atoms with Gasteiger partial charge in [0, 0.05) is 28.2 Å². The van der Waals surface area contributed by atoms with E-state index in [2.05, 4.69) is 25.6 Å². The third-order valence-corrected chi connectivity index (χ3v) is 4.36. The molecular formula is C16H15Cl2N5OS. The summed E-state index contributed by atoms with van der Waals surface area (Å²) in [6, 6.07) is 7.85. The zero-order valence-corrected chi connectivity index (χ0v) is 15.3. The minimum Gasteiger partial charge on any atom is -0.351 e. The molecule has 0 aliphatic carbocycles. The number of fused-ring (bicyclic) bond motifs is 1. The lowest BCUT2D eigenvalue weighted by Crippen LogP contribution is -2.35. The Morgan fingerprint density at radius 1 is 1.24 bits per heavy atom. The molecule has 1 amide bonds. The maximum absolute atomic E-state index is 12.1. The van der Waals surface area contributed by atoms with Crippen LogP contribution in [0.4, 0.5) is 0 Å². The molecule has 0 fully saturated rings. The molecule has 0 unspecified atom stereocenters. The fourth-order valence-electron chi connectivity index (χ4n) is 2.38. The maximum atomic E-state index is 12.1. The van der Waals surface area contributed by atoms with Gasteiger partial charge < -0.3 is 10.3 Å². The fourth-order valence-corrected chi connectivity index (χ4v) is 3.02. The largest absolute Gasteiger partial charge is 0.351 e. The van der Waals surface area contributed by atoms with Crippen molar-refractivity contribution in [1.29, 1.82) is 0 Å². The van der Waals surface area contributed by atoms with Crippen LogP contribution in [0, 0.1) is 0 Å². The summed E-state index contributed by atoms with van der Waals surface area (Å²) < 4.78 is 0. The van der Waals surface area contributed by atoms with Crippen molar-refractivity contribution in [3.8, 4) is 0 Å². The van der Waals surface area contributed by atoms with Crippen molar-refractivity contribution in [2.24, 2.45) is 4.99 Å². The summed E-state index contributed by atoms with van der Waals surface area (Å²) >= 11 is 1.66. The second kappa shape index (κ2) is 8.15. The standard InChI is InChI=1S/C16H13N5OS.2ClH/c22-15-13(7-10-8-18-14-12(10)4-1-5-17-14)20-16(21-15)19-9-11-3-2-6-23-11;;/h1-8H,9H2,(H,17,18)(H2,19,20,21,22);2*1H. The Bertz CT molecular complexity index is 933. The number of halogens is 2. The summed E-state index contributed by atoms with van der Waals surface area (Å²) in [6.45, 7) is 0.640. The van der Waals surface area contributed by atoms with E-state index in [1.165, 1.54) is 4.88 Å². The fraction of sp³-hybridized carbons (Fsp3) is 0.0625. The molecule has 4 rings (SSSR count). The van der Waals surface area contributed by atoms with E-state index in [1.54, 1.807) is 23.6 Å². The molecule has 25 heavy (non-hydrogen) atoms. The number of pyridine rings is 1. The summed E-state index contributed by atoms with van der Waals surface area (Å²) in [5.41, 5.74) is 2.06. The molecule has 0 aromatic carbocycles. The Morgan fingerprint density at radius 3 is 2.92 bits per heavy atom. The molecule has 3 N–H and O–H groups in total. The van der Waals surface area contributed by atoms with E-state index in [1.807, 2.05) is 35.8 Å². The molecule has 4 heterocycles. The zero-order valence-electron chi connectivity index (χ0n) is 12.9. The third kappa shape index (κ3) is 4.01. The van der Waals surface area contributed by atoms with Gasteiger partial charge in [0.25, 0.3) is 5.91 Å². The van der Waals surface area contributed by atoms with Gasteiger partial charge in [0.15, 0.2) is 0 Å². The van der Waals surface area contributed by atoms with Crippen LogP contribution in [0.15, 0.2) is 52.7 Å². The molecule has 0 bridgehead atoms. The van der Waals surface area contributed by atoms with Crippen molar-refractivity contribution < 1.29 is 4.79 Å². The van der Waals surface area contributed by atoms with Gasteiger partial charge in [-0.3, -0.25) is 10.1 Å². The van der Waals surface area contributed by atoms with Crippen molar-refractivity contribution >= 4 is 65.1 Å². The number of nitrogens with zero attached hydrogens (tertiary/aromatic N) is 2. The summed E-state index contributed by atoms with van der Waals surface area (Å²) in [7, 11) is 0. The van der Waals surface area contributed by atoms with Crippen LogP contribution in [-0.2, 0) is 11.3 Å². The summed E-state index contributed by atoms with van der Waals surface area (Å²) in [5, 5.41) is 8.84. The first kappa shape index (κ1) is 19.0. The van der Waals surface area contributed by atoms with Crippen LogP contribution in [-0.4, -0.2) is 21.8 Å². The molecule has 0 saturated heterocycles. The number of thiophene rings is 1. The second-order valence-electron chi connectivity index (χ2n) is 5.02. The Balaban J connectivity index is 0.00000113. The number of aromatic amines is 1. The van der Waals surface area contributed by atoms with Crippen LogP contribution >= 0.6 is 36.2 Å². The van der Waals surface area contributed by atoms with Crippen molar-refractivity contribution in [2.45, 2.75) is 6.54 Å². The quantitative estimate of drug-likeness (QED) is 0.595. The van der Waals surface area contributed by atoms with Crippen molar-refractivity contribution in [2.75, 3.05) is 0 Å². The highest BCUT2D eigenvalue weighted by Crippen LogP contribution is 2.20. The van der Waals surface area contributed by atoms with Crippen molar-refractivity contribution in [3.63, 3.8) is 0 Å². The lowest BCUT2D eigenvalue weighted by atomic mass is 10.2. The molecule has 3 aromatic heterocycles. The van der Waals surface area contributed by atoms with Crippen LogP contribution in [0.5, 0.6) is 0 Å². The number of nitrogens with one attached hydrogen (secondary N) is 3. The Labute approximate surface area is 160 Å². The maximum Gasteiger partial charge on any atom is 0.276 e. The normalized spacial score (nSPS) is 14.6. The van der Waals surface area contributed by atoms with Crippen molar-refractivity contribution in [1.82, 2.24) is 20.6 Å². The molecule has 3 aromatic rings. The highest BCUT2D eigenvalue weighted by molar-refractivity contribution is 7.09. The zero-order chi connectivity index (χ0) is 15.6. The molecule has 6 nitrogen and oxygen atoms in total. The van der Waals surface area contributed by atoms with Crippen LogP contribution in [0.3, 0.4) is 0 Å². The summed E-state index contributed by atoms with van der Waals surface area (Å²) in [4.78, 5) is 24.9. The Morgan fingerprint density at radius 2 is 2.12 bits per heavy atom. The van der Waals surface area contributed by atoms with Gasteiger partial charge in [-0.25, -0.2) is 9.98 Å². The lowest BCUT2D eigenvalue weighted by Gasteiger charge is -2.02. The minimum atomic E-state index is -0.211. The number of hydrogen-bond acceptors (Lipinski definition) is 5. The molecule has 0 spiro atoms. The molecule has 1 aliphatic heterocycles. The monoisotopic (exact) mass is 395 g/mol. The number of carbonyl (C=O) groups excluding carboxylic acids is 1. The van der Waals surface area contributed by atoms with E-state index >= 15 is 0 Å². The number of hydrogen-bond donors (Lipinski definition) is 3. The predicted molar refractivity (Wildman–Crippen MR) is 105 cm³/mol. The van der Waals surface area contributed by atoms with Gasteiger partial charge in [-0.1, -0.05) is 6.07 Å². The van der Waals surface area contributed by atoms with E-state index in [9.17, 15) is 4.79 Å². The second-order valence-corrected chi connectivity index (χ2v) is 6.05. The molecule has 0 atom stereocenters. The van der Waals surface area contributed by atoms with Crippen LogP contribution in [0.1, 0.15) is 10.4 Å². The Hall–Kier alpha value is -2.35. The number of amides is 1. The SMILES string of the molecule is Cl.Cl.O=C1NC(NCc2cccs2)=NC1=Cc1c[nH]c2ncccc12. The average Bonchev–Trinajstić information content (AvgIpc) is 3.28. The number of H-pyrrole nitrogens is 1. The van der Waals surface area contributed by atoms with Crippen LogP contribution < -0.4 is 10.6 Å². The van der Waals surface area contributed by atoms with E-state index in [4.69, 9.17) is 0 Å². The van der Waals surface area contributed by atoms with Gasteiger partial charge in [0.2, 0.25) is 5.96 Å². The van der Waals surface area contributed by atoms with Gasteiger partial charge >= 0.3 is 0 Å². The first-order valence-corrected chi connectivity index (χ1v) is 7.98. The van der Waals surface area contributed by atoms with E-state index < -0.39 is 0 Å². The van der Waals surface area contributed by atoms with Crippen LogP contribution in [0.2, 0.25) is 0 Å². The highest BCUT2D eigenvalue weighted by Gasteiger charge is 2.20. The first-order chi connectivity index (χ1) is 11.3. The lowest BCUT2D eigenvalue weighted by molar-refractivity contribution is -0.115. The van der Waals surface area contributed by atoms with Crippen molar-refractivity contribution in [3.05, 3.63) is 58.2 Å². The molecule has 1 aliphatic rings. The van der Waals surface area contributed by atoms with E-state index in [-0.39, 0.29) is 30.7 Å². The number of rotatable bonds is 3. The molecular weight excluding hydrogens is 381 g/mol. The Kier molecular flexibility index (Phi) is 6.19. The minimum absolute atomic E-state index is 0. The topological polar surface area (TPSA) is 82.2 Å². The van der Waals surface area contributed by atoms with E-state index in [0.717, 1.165) is 16.6 Å². The van der Waals surface area contributed by atoms with Gasteiger partial charge in [0.05, 0.1) is 6.54 Å². The van der Waals surface area contributed by atoms with E-state index in [0.29, 0.717) is 18.2 Å². The number of carbonyl (C=O) groups is 1. The number of aromatic nitrogens is 2. The van der Waals surface area contributed by atoms with Gasteiger partial charge in [-0.2, -0.15) is 0 Å². The highest BCUT2D eigenvalue weighted by atomic mass is 35.5. The first-order valence-electron chi connectivity index (χ1n) is 7.10. The molecule has 0 radical (unpaired) electrons. The summed E-state index contributed by atoms with van der Waals surface area (Å²) in [5.74, 6) is 0.268. The molecule has 9 heteroatoms. The molecule has 130 valence electrons. The third-order valence-electron chi connectivity index (χ3n) is 3.48. The van der Waals surface area contributed by atoms with Gasteiger partial charge in [0.1, 0.15) is 11.3 Å². The number of aliphatic imine (C=N–C) groups is 1. The van der Waals surface area contributed by atoms with Crippen LogP contribution in [0.25, 0.3) is 17.1 Å². The predicted octanol–water partition coefficient (Wildman–Crippen LogP) is 3.08. The number of guanidine groups is 1. The average molecular weight is 396 g/mol. The van der Waals surface area contributed by atoms with Gasteiger partial charge in [-0.05, 0) is 29.7 Å².